The Bertz CT molecular complexity index is 999. The number of fused-ring (bicyclic) bond motifs is 1. The molecule has 0 saturated heterocycles. The van der Waals surface area contributed by atoms with Gasteiger partial charge in [0, 0.05) is 30.3 Å². The molecule has 0 amide bonds. The molecule has 2 aromatic rings. The Morgan fingerprint density at radius 3 is 3.07 bits per heavy atom. The van der Waals surface area contributed by atoms with E-state index < -0.39 is 0 Å². The Morgan fingerprint density at radius 1 is 1.34 bits per heavy atom. The highest BCUT2D eigenvalue weighted by Crippen LogP contribution is 2.28. The van der Waals surface area contributed by atoms with Crippen molar-refractivity contribution >= 4 is 11.9 Å². The Morgan fingerprint density at radius 2 is 2.24 bits per heavy atom. The standard InChI is InChI=1S/C23H24N4O2/c1-16-4-5-18(9-8-17-6-7-17)11-19(16)12-20(27-24)13-25-14-21-15-28-23-22(29-21)3-2-10-26-23/h2-5,10-11,13,17,21H,6-7,12,14-15,24H2,1H3/b25-13?,27-20-. The van der Waals surface area contributed by atoms with Crippen LogP contribution in [0.25, 0.3) is 0 Å². The van der Waals surface area contributed by atoms with Gasteiger partial charge in [-0.3, -0.25) is 4.99 Å². The molecular formula is C23H24N4O2. The number of hydrazone groups is 1. The molecule has 1 unspecified atom stereocenters. The summed E-state index contributed by atoms with van der Waals surface area (Å²) in [6.07, 6.45) is 6.29. The highest BCUT2D eigenvalue weighted by atomic mass is 16.6. The molecule has 148 valence electrons. The van der Waals surface area contributed by atoms with Gasteiger partial charge in [0.25, 0.3) is 5.88 Å². The quantitative estimate of drug-likeness (QED) is 0.370. The van der Waals surface area contributed by atoms with E-state index in [-0.39, 0.29) is 6.10 Å². The molecule has 2 aliphatic rings. The molecule has 2 N–H and O–H groups in total. The number of aliphatic imine (C=N–C) groups is 1. The summed E-state index contributed by atoms with van der Waals surface area (Å²) >= 11 is 0. The summed E-state index contributed by atoms with van der Waals surface area (Å²) in [4.78, 5) is 8.60. The van der Waals surface area contributed by atoms with Crippen molar-refractivity contribution in [2.24, 2.45) is 21.9 Å². The Labute approximate surface area is 170 Å². The lowest BCUT2D eigenvalue weighted by Crippen LogP contribution is -2.32. The number of nitrogens with zero attached hydrogens (tertiary/aromatic N) is 3. The minimum atomic E-state index is -0.162. The first-order valence-electron chi connectivity index (χ1n) is 9.83. The molecule has 1 saturated carbocycles. The third-order valence-corrected chi connectivity index (χ3v) is 4.87. The molecule has 6 nitrogen and oxygen atoms in total. The molecule has 1 aromatic heterocycles. The van der Waals surface area contributed by atoms with Gasteiger partial charge in [-0.2, -0.15) is 5.10 Å². The number of ether oxygens (including phenoxy) is 2. The van der Waals surface area contributed by atoms with E-state index in [0.717, 1.165) is 11.1 Å². The van der Waals surface area contributed by atoms with Crippen LogP contribution in [0.15, 0.2) is 46.6 Å². The van der Waals surface area contributed by atoms with Crippen molar-refractivity contribution < 1.29 is 9.47 Å². The second-order valence-corrected chi connectivity index (χ2v) is 7.33. The van der Waals surface area contributed by atoms with Gasteiger partial charge in [0.1, 0.15) is 6.61 Å². The van der Waals surface area contributed by atoms with Gasteiger partial charge in [0.15, 0.2) is 11.9 Å². The predicted molar refractivity (Wildman–Crippen MR) is 114 cm³/mol. The van der Waals surface area contributed by atoms with Gasteiger partial charge < -0.3 is 15.3 Å². The molecule has 1 aliphatic carbocycles. The number of hydrogen-bond donors (Lipinski definition) is 1. The van der Waals surface area contributed by atoms with Crippen molar-refractivity contribution in [2.75, 3.05) is 13.2 Å². The van der Waals surface area contributed by atoms with Gasteiger partial charge in [-0.1, -0.05) is 17.9 Å². The lowest BCUT2D eigenvalue weighted by molar-refractivity contribution is 0.0923. The fraction of sp³-hybridized carbons (Fsp3) is 0.348. The van der Waals surface area contributed by atoms with Crippen molar-refractivity contribution in [2.45, 2.75) is 32.3 Å². The van der Waals surface area contributed by atoms with Crippen LogP contribution in [0.2, 0.25) is 0 Å². The molecule has 29 heavy (non-hydrogen) atoms. The van der Waals surface area contributed by atoms with Gasteiger partial charge in [-0.15, -0.1) is 0 Å². The predicted octanol–water partition coefficient (Wildman–Crippen LogP) is 2.92. The number of pyridine rings is 1. The number of benzene rings is 1. The molecule has 4 rings (SSSR count). The highest BCUT2D eigenvalue weighted by Gasteiger charge is 2.21. The first-order chi connectivity index (χ1) is 14.2. The van der Waals surface area contributed by atoms with Gasteiger partial charge >= 0.3 is 0 Å². The second-order valence-electron chi connectivity index (χ2n) is 7.33. The summed E-state index contributed by atoms with van der Waals surface area (Å²) in [7, 11) is 0. The van der Waals surface area contributed by atoms with Crippen molar-refractivity contribution in [1.82, 2.24) is 4.98 Å². The monoisotopic (exact) mass is 388 g/mol. The fourth-order valence-corrected chi connectivity index (χ4v) is 3.00. The Hall–Kier alpha value is -3.33. The van der Waals surface area contributed by atoms with Crippen LogP contribution in [0.1, 0.15) is 29.5 Å². The van der Waals surface area contributed by atoms with Crippen LogP contribution >= 0.6 is 0 Å². The van der Waals surface area contributed by atoms with E-state index in [1.165, 1.54) is 18.4 Å². The van der Waals surface area contributed by atoms with Crippen molar-refractivity contribution in [1.29, 1.82) is 0 Å². The van der Waals surface area contributed by atoms with E-state index in [2.05, 4.69) is 52.0 Å². The molecule has 1 aliphatic heterocycles. The highest BCUT2D eigenvalue weighted by molar-refractivity contribution is 6.31. The molecule has 1 fully saturated rings. The summed E-state index contributed by atoms with van der Waals surface area (Å²) in [5.74, 6) is 13.9. The second kappa shape index (κ2) is 8.78. The van der Waals surface area contributed by atoms with Crippen LogP contribution in [0.4, 0.5) is 0 Å². The largest absolute Gasteiger partial charge is 0.479 e. The average Bonchev–Trinajstić information content (AvgIpc) is 3.58. The van der Waals surface area contributed by atoms with Crippen molar-refractivity contribution in [3.63, 3.8) is 0 Å². The Balaban J connectivity index is 1.36. The zero-order valence-electron chi connectivity index (χ0n) is 16.5. The minimum Gasteiger partial charge on any atom is -0.479 e. The maximum Gasteiger partial charge on any atom is 0.257 e. The number of aryl methyl sites for hydroxylation is 1. The van der Waals surface area contributed by atoms with E-state index in [0.29, 0.717) is 42.8 Å². The first-order valence-corrected chi connectivity index (χ1v) is 9.83. The van der Waals surface area contributed by atoms with E-state index in [1.54, 1.807) is 12.4 Å². The lowest BCUT2D eigenvalue weighted by atomic mass is 10.0. The summed E-state index contributed by atoms with van der Waals surface area (Å²) < 4.78 is 11.5. The molecular weight excluding hydrogens is 364 g/mol. The third kappa shape index (κ3) is 5.14. The molecule has 2 heterocycles. The smallest absolute Gasteiger partial charge is 0.257 e. The van der Waals surface area contributed by atoms with Crippen LogP contribution in [-0.4, -0.2) is 36.2 Å². The fourth-order valence-electron chi connectivity index (χ4n) is 3.00. The minimum absolute atomic E-state index is 0.162. The molecule has 0 bridgehead atoms. The average molecular weight is 388 g/mol. The summed E-state index contributed by atoms with van der Waals surface area (Å²) in [5, 5.41) is 3.91. The van der Waals surface area contributed by atoms with Gasteiger partial charge in [0.2, 0.25) is 0 Å². The molecule has 6 heteroatoms. The number of rotatable bonds is 5. The zero-order chi connectivity index (χ0) is 20.1. The molecule has 1 atom stereocenters. The van der Waals surface area contributed by atoms with Crippen LogP contribution in [0.5, 0.6) is 11.6 Å². The van der Waals surface area contributed by atoms with Crippen LogP contribution in [-0.2, 0) is 6.42 Å². The van der Waals surface area contributed by atoms with Gasteiger partial charge in [-0.25, -0.2) is 4.98 Å². The molecule has 0 spiro atoms. The SMILES string of the molecule is Cc1ccc(C#CC2CC2)cc1C/C(C=NCC1COc2ncccc2O1)=N/N. The van der Waals surface area contributed by atoms with E-state index >= 15 is 0 Å². The maximum atomic E-state index is 5.86. The van der Waals surface area contributed by atoms with Gasteiger partial charge in [0.05, 0.1) is 12.3 Å². The van der Waals surface area contributed by atoms with E-state index in [1.807, 2.05) is 12.1 Å². The molecule has 0 radical (unpaired) electrons. The molecule has 1 aromatic carbocycles. The summed E-state index contributed by atoms with van der Waals surface area (Å²) in [6, 6.07) is 9.93. The Kier molecular flexibility index (Phi) is 5.76. The van der Waals surface area contributed by atoms with E-state index in [9.17, 15) is 0 Å². The normalized spacial score (nSPS) is 18.4. The van der Waals surface area contributed by atoms with Crippen molar-refractivity contribution in [3.8, 4) is 23.5 Å². The lowest BCUT2D eigenvalue weighted by Gasteiger charge is -2.24. The third-order valence-electron chi connectivity index (χ3n) is 4.87. The number of hydrogen-bond acceptors (Lipinski definition) is 6. The zero-order valence-corrected chi connectivity index (χ0v) is 16.5. The maximum absolute atomic E-state index is 5.86. The number of nitrogens with two attached hydrogens (primary N) is 1. The van der Waals surface area contributed by atoms with Gasteiger partial charge in [-0.05, 0) is 55.2 Å². The first kappa shape index (κ1) is 19.0. The van der Waals surface area contributed by atoms with E-state index in [4.69, 9.17) is 15.3 Å². The summed E-state index contributed by atoms with van der Waals surface area (Å²) in [6.45, 7) is 2.95. The topological polar surface area (TPSA) is 82.1 Å². The number of aromatic nitrogens is 1. The summed E-state index contributed by atoms with van der Waals surface area (Å²) in [5.41, 5.74) is 4.08. The van der Waals surface area contributed by atoms with Crippen molar-refractivity contribution in [3.05, 3.63) is 53.2 Å². The van der Waals surface area contributed by atoms with Crippen LogP contribution < -0.4 is 15.3 Å². The van der Waals surface area contributed by atoms with Crippen LogP contribution in [0, 0.1) is 24.7 Å². The van der Waals surface area contributed by atoms with Crippen LogP contribution in [0.3, 0.4) is 0 Å².